The number of pyridine rings is 1. The van der Waals surface area contributed by atoms with Crippen LogP contribution in [0, 0.1) is 5.92 Å². The van der Waals surface area contributed by atoms with Gasteiger partial charge in [0.1, 0.15) is 0 Å². The first-order chi connectivity index (χ1) is 10.1. The molecule has 1 saturated heterocycles. The van der Waals surface area contributed by atoms with Gasteiger partial charge < -0.3 is 10.2 Å². The molecule has 0 amide bonds. The zero-order chi connectivity index (χ0) is 14.8. The molecule has 1 unspecified atom stereocenters. The fraction of sp³-hybridized carbons (Fsp3) is 0.471. The number of benzene rings is 1. The van der Waals surface area contributed by atoms with Crippen LogP contribution in [0.3, 0.4) is 0 Å². The molecule has 1 aliphatic heterocycles. The van der Waals surface area contributed by atoms with Crippen LogP contribution in [0.1, 0.15) is 20.3 Å². The maximum atomic E-state index is 6.03. The number of rotatable bonds is 4. The molecule has 1 aromatic carbocycles. The molecule has 1 fully saturated rings. The van der Waals surface area contributed by atoms with Crippen LogP contribution >= 0.6 is 11.6 Å². The van der Waals surface area contributed by atoms with E-state index in [1.807, 2.05) is 30.5 Å². The van der Waals surface area contributed by atoms with Crippen LogP contribution in [0.15, 0.2) is 30.5 Å². The Kier molecular flexibility index (Phi) is 4.32. The summed E-state index contributed by atoms with van der Waals surface area (Å²) >= 11 is 6.03. The number of halogens is 1. The third-order valence-corrected chi connectivity index (χ3v) is 4.57. The standard InChI is InChI=1S/C17H22ClN3/c1-12(2)21-8-6-13(11-21)10-20-16-5-7-19-17-9-14(18)3-4-15(16)17/h3-5,7,9,12-13H,6,8,10-11H2,1-2H3,(H,19,20). The zero-order valence-electron chi connectivity index (χ0n) is 12.6. The van der Waals surface area contributed by atoms with E-state index in [0.717, 1.165) is 34.1 Å². The number of nitrogens with zero attached hydrogens (tertiary/aromatic N) is 2. The van der Waals surface area contributed by atoms with E-state index in [9.17, 15) is 0 Å². The van der Waals surface area contributed by atoms with E-state index >= 15 is 0 Å². The number of nitrogens with one attached hydrogen (secondary N) is 1. The molecule has 0 radical (unpaired) electrons. The molecular formula is C17H22ClN3. The number of aromatic nitrogens is 1. The second-order valence-corrected chi connectivity index (χ2v) is 6.58. The van der Waals surface area contributed by atoms with Gasteiger partial charge in [-0.3, -0.25) is 4.98 Å². The van der Waals surface area contributed by atoms with Crippen LogP contribution in [0.4, 0.5) is 5.69 Å². The van der Waals surface area contributed by atoms with Crippen molar-refractivity contribution < 1.29 is 0 Å². The first-order valence-corrected chi connectivity index (χ1v) is 8.03. The molecule has 112 valence electrons. The lowest BCUT2D eigenvalue weighted by Gasteiger charge is -2.20. The summed E-state index contributed by atoms with van der Waals surface area (Å²) in [6.07, 6.45) is 3.12. The van der Waals surface area contributed by atoms with E-state index in [2.05, 4.69) is 29.0 Å². The van der Waals surface area contributed by atoms with Gasteiger partial charge in [-0.15, -0.1) is 0 Å². The van der Waals surface area contributed by atoms with Gasteiger partial charge in [0.2, 0.25) is 0 Å². The van der Waals surface area contributed by atoms with Crippen molar-refractivity contribution in [3.63, 3.8) is 0 Å². The monoisotopic (exact) mass is 303 g/mol. The van der Waals surface area contributed by atoms with E-state index in [0.29, 0.717) is 6.04 Å². The van der Waals surface area contributed by atoms with Crippen molar-refractivity contribution in [1.29, 1.82) is 0 Å². The average Bonchev–Trinajstić information content (AvgIpc) is 2.93. The first-order valence-electron chi connectivity index (χ1n) is 7.65. The lowest BCUT2D eigenvalue weighted by molar-refractivity contribution is 0.266. The number of hydrogen-bond donors (Lipinski definition) is 1. The minimum absolute atomic E-state index is 0.652. The largest absolute Gasteiger partial charge is 0.384 e. The first kappa shape index (κ1) is 14.6. The molecule has 1 atom stereocenters. The highest BCUT2D eigenvalue weighted by Crippen LogP contribution is 2.25. The van der Waals surface area contributed by atoms with Gasteiger partial charge in [0.25, 0.3) is 0 Å². The molecule has 21 heavy (non-hydrogen) atoms. The van der Waals surface area contributed by atoms with E-state index < -0.39 is 0 Å². The van der Waals surface area contributed by atoms with Crippen LogP contribution in [-0.4, -0.2) is 35.6 Å². The van der Waals surface area contributed by atoms with Gasteiger partial charge in [0, 0.05) is 41.4 Å². The van der Waals surface area contributed by atoms with E-state index in [1.54, 1.807) is 0 Å². The second-order valence-electron chi connectivity index (χ2n) is 6.14. The summed E-state index contributed by atoms with van der Waals surface area (Å²) in [5.74, 6) is 0.725. The Balaban J connectivity index is 1.69. The van der Waals surface area contributed by atoms with Crippen molar-refractivity contribution in [3.05, 3.63) is 35.5 Å². The van der Waals surface area contributed by atoms with Crippen LogP contribution in [0.2, 0.25) is 5.02 Å². The Morgan fingerprint density at radius 3 is 3.00 bits per heavy atom. The summed E-state index contributed by atoms with van der Waals surface area (Å²) in [5, 5.41) is 5.47. The SMILES string of the molecule is CC(C)N1CCC(CNc2ccnc3cc(Cl)ccc23)C1. The summed E-state index contributed by atoms with van der Waals surface area (Å²) in [6.45, 7) is 7.98. The quantitative estimate of drug-likeness (QED) is 0.924. The molecule has 0 saturated carbocycles. The van der Waals surface area contributed by atoms with E-state index in [-0.39, 0.29) is 0 Å². The molecule has 0 bridgehead atoms. The average molecular weight is 304 g/mol. The molecule has 1 aliphatic rings. The number of hydrogen-bond acceptors (Lipinski definition) is 3. The Labute approximate surface area is 131 Å². The van der Waals surface area contributed by atoms with Crippen molar-refractivity contribution in [2.24, 2.45) is 5.92 Å². The van der Waals surface area contributed by atoms with E-state index in [4.69, 9.17) is 11.6 Å². The third kappa shape index (κ3) is 3.30. The maximum Gasteiger partial charge on any atom is 0.0737 e. The summed E-state index contributed by atoms with van der Waals surface area (Å²) in [6, 6.07) is 8.58. The van der Waals surface area contributed by atoms with Gasteiger partial charge >= 0.3 is 0 Å². The molecule has 1 N–H and O–H groups in total. The smallest absolute Gasteiger partial charge is 0.0737 e. The Morgan fingerprint density at radius 2 is 2.24 bits per heavy atom. The summed E-state index contributed by atoms with van der Waals surface area (Å²) < 4.78 is 0. The minimum atomic E-state index is 0.652. The number of likely N-dealkylation sites (tertiary alicyclic amines) is 1. The van der Waals surface area contributed by atoms with Gasteiger partial charge in [-0.05, 0) is 57.0 Å². The van der Waals surface area contributed by atoms with E-state index in [1.165, 1.54) is 19.5 Å². The molecule has 2 aromatic rings. The number of anilines is 1. The van der Waals surface area contributed by atoms with Crippen molar-refractivity contribution in [2.45, 2.75) is 26.3 Å². The molecule has 2 heterocycles. The Hall–Kier alpha value is -1.32. The molecule has 3 rings (SSSR count). The molecule has 4 heteroatoms. The fourth-order valence-corrected chi connectivity index (χ4v) is 3.19. The second kappa shape index (κ2) is 6.20. The van der Waals surface area contributed by atoms with Crippen molar-refractivity contribution >= 4 is 28.2 Å². The molecule has 3 nitrogen and oxygen atoms in total. The Bertz CT molecular complexity index is 626. The van der Waals surface area contributed by atoms with Crippen LogP contribution in [0.25, 0.3) is 10.9 Å². The molecular weight excluding hydrogens is 282 g/mol. The lowest BCUT2D eigenvalue weighted by Crippen LogP contribution is -2.29. The van der Waals surface area contributed by atoms with Gasteiger partial charge in [-0.2, -0.15) is 0 Å². The van der Waals surface area contributed by atoms with Gasteiger partial charge in [0.05, 0.1) is 5.52 Å². The molecule has 1 aromatic heterocycles. The predicted molar refractivity (Wildman–Crippen MR) is 90.1 cm³/mol. The van der Waals surface area contributed by atoms with Crippen LogP contribution in [0.5, 0.6) is 0 Å². The van der Waals surface area contributed by atoms with Crippen LogP contribution in [-0.2, 0) is 0 Å². The summed E-state index contributed by atoms with van der Waals surface area (Å²) in [5.41, 5.74) is 2.10. The van der Waals surface area contributed by atoms with Gasteiger partial charge in [0.15, 0.2) is 0 Å². The highest BCUT2D eigenvalue weighted by atomic mass is 35.5. The fourth-order valence-electron chi connectivity index (χ4n) is 3.03. The summed E-state index contributed by atoms with van der Waals surface area (Å²) in [7, 11) is 0. The maximum absolute atomic E-state index is 6.03. The predicted octanol–water partition coefficient (Wildman–Crippen LogP) is 4.03. The Morgan fingerprint density at radius 1 is 1.38 bits per heavy atom. The zero-order valence-corrected chi connectivity index (χ0v) is 13.4. The highest BCUT2D eigenvalue weighted by Gasteiger charge is 2.23. The number of fused-ring (bicyclic) bond motifs is 1. The molecule has 0 spiro atoms. The van der Waals surface area contributed by atoms with Crippen molar-refractivity contribution in [1.82, 2.24) is 9.88 Å². The lowest BCUT2D eigenvalue weighted by atomic mass is 10.1. The third-order valence-electron chi connectivity index (χ3n) is 4.33. The normalized spacial score (nSPS) is 19.5. The highest BCUT2D eigenvalue weighted by molar-refractivity contribution is 6.31. The summed E-state index contributed by atoms with van der Waals surface area (Å²) in [4.78, 5) is 6.94. The van der Waals surface area contributed by atoms with Gasteiger partial charge in [-0.1, -0.05) is 11.6 Å². The minimum Gasteiger partial charge on any atom is -0.384 e. The van der Waals surface area contributed by atoms with Crippen molar-refractivity contribution in [2.75, 3.05) is 25.0 Å². The molecule has 0 aliphatic carbocycles. The van der Waals surface area contributed by atoms with Crippen LogP contribution < -0.4 is 5.32 Å². The topological polar surface area (TPSA) is 28.2 Å². The van der Waals surface area contributed by atoms with Crippen molar-refractivity contribution in [3.8, 4) is 0 Å². The van der Waals surface area contributed by atoms with Gasteiger partial charge in [-0.25, -0.2) is 0 Å².